The molecule has 2 rings (SSSR count). The van der Waals surface area contributed by atoms with E-state index in [0.29, 0.717) is 5.56 Å². The van der Waals surface area contributed by atoms with Crippen LogP contribution in [0.15, 0.2) is 34.1 Å². The summed E-state index contributed by atoms with van der Waals surface area (Å²) in [5, 5.41) is 3.63. The molecule has 0 aliphatic heterocycles. The van der Waals surface area contributed by atoms with Gasteiger partial charge in [0.25, 0.3) is 5.56 Å². The number of nitrogens with zero attached hydrogens (tertiary/aromatic N) is 3. The average molecular weight is 270 g/mol. The Kier molecular flexibility index (Phi) is 3.64. The molecule has 0 aromatic carbocycles. The number of hydrogen-bond acceptors (Lipinski definition) is 5. The fourth-order valence-electron chi connectivity index (χ4n) is 1.33. The number of H-pyrrole nitrogens is 1. The predicted molar refractivity (Wildman–Crippen MR) is 59.1 cm³/mol. The lowest BCUT2D eigenvalue weighted by atomic mass is 10.3. The lowest BCUT2D eigenvalue weighted by Crippen LogP contribution is -2.31. The number of aromatic amines is 1. The smallest absolute Gasteiger partial charge is 0.388 e. The van der Waals surface area contributed by atoms with Crippen molar-refractivity contribution < 1.29 is 13.5 Å². The van der Waals surface area contributed by atoms with E-state index in [-0.39, 0.29) is 12.4 Å². The van der Waals surface area contributed by atoms with E-state index in [9.17, 15) is 18.4 Å². The van der Waals surface area contributed by atoms with E-state index >= 15 is 0 Å². The van der Waals surface area contributed by atoms with Gasteiger partial charge in [0.15, 0.2) is 0 Å². The van der Waals surface area contributed by atoms with Gasteiger partial charge in [0.2, 0.25) is 5.88 Å². The van der Waals surface area contributed by atoms with E-state index in [2.05, 4.69) is 14.8 Å². The van der Waals surface area contributed by atoms with Crippen LogP contribution in [0.2, 0.25) is 0 Å². The third kappa shape index (κ3) is 3.44. The third-order valence-corrected chi connectivity index (χ3v) is 2.12. The van der Waals surface area contributed by atoms with Crippen LogP contribution in [-0.4, -0.2) is 26.4 Å². The summed E-state index contributed by atoms with van der Waals surface area (Å²) in [6.07, 6.45) is 2.24. The van der Waals surface area contributed by atoms with Crippen molar-refractivity contribution in [3.63, 3.8) is 0 Å². The summed E-state index contributed by atoms with van der Waals surface area (Å²) in [5.41, 5.74) is -0.719. The van der Waals surface area contributed by atoms with Crippen molar-refractivity contribution in [2.45, 2.75) is 13.2 Å². The molecule has 0 spiro atoms. The van der Waals surface area contributed by atoms with Crippen molar-refractivity contribution in [2.24, 2.45) is 0 Å². The van der Waals surface area contributed by atoms with Gasteiger partial charge < -0.3 is 4.74 Å². The molecule has 0 bridgehead atoms. The molecule has 0 saturated carbocycles. The minimum Gasteiger partial charge on any atom is -0.417 e. The van der Waals surface area contributed by atoms with Gasteiger partial charge >= 0.3 is 12.3 Å². The molecule has 0 amide bonds. The zero-order valence-electron chi connectivity index (χ0n) is 9.42. The maximum atomic E-state index is 11.9. The molecule has 7 nitrogen and oxygen atoms in total. The molecule has 2 aromatic heterocycles. The second-order valence-corrected chi connectivity index (χ2v) is 3.48. The molecule has 0 radical (unpaired) electrons. The Morgan fingerprint density at radius 1 is 1.32 bits per heavy atom. The molecule has 0 aliphatic carbocycles. The second kappa shape index (κ2) is 5.38. The highest BCUT2D eigenvalue weighted by Crippen LogP contribution is 2.10. The fraction of sp³-hybridized carbons (Fsp3) is 0.200. The standard InChI is InChI=1S/C10H8F2N4O3/c11-9(12)19-8-2-1-6(3-13-8)5-16-10(18)15-7(17)4-14-16/h1-4,9H,5H2,(H,15,17,18). The normalized spacial score (nSPS) is 10.7. The Morgan fingerprint density at radius 2 is 2.11 bits per heavy atom. The van der Waals surface area contributed by atoms with E-state index < -0.39 is 17.9 Å². The Labute approximate surface area is 104 Å². The first-order chi connectivity index (χ1) is 9.04. The van der Waals surface area contributed by atoms with E-state index in [1.54, 1.807) is 0 Å². The Balaban J connectivity index is 2.15. The Bertz CT molecular complexity index is 665. The molecule has 0 unspecified atom stereocenters. The maximum absolute atomic E-state index is 11.9. The number of pyridine rings is 1. The molecule has 100 valence electrons. The molecule has 2 aromatic rings. The van der Waals surface area contributed by atoms with Crippen LogP contribution in [0.4, 0.5) is 8.78 Å². The van der Waals surface area contributed by atoms with Crippen LogP contribution >= 0.6 is 0 Å². The van der Waals surface area contributed by atoms with Crippen LogP contribution in [0.25, 0.3) is 0 Å². The van der Waals surface area contributed by atoms with Crippen LogP contribution in [0.3, 0.4) is 0 Å². The van der Waals surface area contributed by atoms with Crippen LogP contribution in [0.5, 0.6) is 5.88 Å². The van der Waals surface area contributed by atoms with E-state index in [0.717, 1.165) is 10.9 Å². The molecule has 9 heteroatoms. The number of hydrogen-bond donors (Lipinski definition) is 1. The van der Waals surface area contributed by atoms with Gasteiger partial charge in [-0.05, 0) is 5.56 Å². The first-order valence-corrected chi connectivity index (χ1v) is 5.11. The van der Waals surface area contributed by atoms with Crippen LogP contribution in [0, 0.1) is 0 Å². The number of aromatic nitrogens is 4. The minimum atomic E-state index is -2.94. The van der Waals surface area contributed by atoms with Gasteiger partial charge in [0, 0.05) is 12.3 Å². The number of halogens is 2. The van der Waals surface area contributed by atoms with Crippen molar-refractivity contribution in [1.82, 2.24) is 19.7 Å². The zero-order valence-corrected chi connectivity index (χ0v) is 9.42. The van der Waals surface area contributed by atoms with Crippen LogP contribution in [0.1, 0.15) is 5.56 Å². The first-order valence-electron chi connectivity index (χ1n) is 5.11. The molecular formula is C10H8F2N4O3. The molecule has 0 fully saturated rings. The molecule has 0 aliphatic rings. The highest BCUT2D eigenvalue weighted by atomic mass is 19.3. The summed E-state index contributed by atoms with van der Waals surface area (Å²) in [4.78, 5) is 27.9. The largest absolute Gasteiger partial charge is 0.417 e. The van der Waals surface area contributed by atoms with Gasteiger partial charge in [0.05, 0.1) is 6.54 Å². The molecule has 19 heavy (non-hydrogen) atoms. The summed E-state index contributed by atoms with van der Waals surface area (Å²) in [7, 11) is 0. The Morgan fingerprint density at radius 3 is 2.68 bits per heavy atom. The monoisotopic (exact) mass is 270 g/mol. The number of alkyl halides is 2. The van der Waals surface area contributed by atoms with Crippen molar-refractivity contribution in [2.75, 3.05) is 0 Å². The maximum Gasteiger partial charge on any atom is 0.388 e. The van der Waals surface area contributed by atoms with Gasteiger partial charge in [-0.15, -0.1) is 0 Å². The van der Waals surface area contributed by atoms with Crippen molar-refractivity contribution in [3.8, 4) is 5.88 Å². The van der Waals surface area contributed by atoms with Gasteiger partial charge in [-0.2, -0.15) is 13.9 Å². The summed E-state index contributed by atoms with van der Waals surface area (Å²) in [5.74, 6) is -0.222. The topological polar surface area (TPSA) is 89.9 Å². The highest BCUT2D eigenvalue weighted by Gasteiger charge is 2.06. The van der Waals surface area contributed by atoms with Gasteiger partial charge in [-0.25, -0.2) is 14.5 Å². The molecule has 1 N–H and O–H groups in total. The summed E-state index contributed by atoms with van der Waals surface area (Å²) in [6, 6.07) is 2.71. The number of nitrogens with one attached hydrogen (secondary N) is 1. The highest BCUT2D eigenvalue weighted by molar-refractivity contribution is 5.17. The third-order valence-electron chi connectivity index (χ3n) is 2.12. The lowest BCUT2D eigenvalue weighted by Gasteiger charge is -2.05. The van der Waals surface area contributed by atoms with Crippen LogP contribution < -0.4 is 16.0 Å². The first kappa shape index (κ1) is 12.9. The minimum absolute atomic E-state index is 0.0531. The lowest BCUT2D eigenvalue weighted by molar-refractivity contribution is -0.0528. The predicted octanol–water partition coefficient (Wildman–Crippen LogP) is -0.0237. The van der Waals surface area contributed by atoms with E-state index in [1.807, 2.05) is 4.98 Å². The summed E-state index contributed by atoms with van der Waals surface area (Å²) < 4.78 is 28.9. The molecular weight excluding hydrogens is 262 g/mol. The quantitative estimate of drug-likeness (QED) is 0.843. The average Bonchev–Trinajstić information content (AvgIpc) is 2.34. The van der Waals surface area contributed by atoms with E-state index in [1.165, 1.54) is 18.3 Å². The zero-order chi connectivity index (χ0) is 13.8. The fourth-order valence-corrected chi connectivity index (χ4v) is 1.33. The van der Waals surface area contributed by atoms with Crippen molar-refractivity contribution in [1.29, 1.82) is 0 Å². The molecule has 0 saturated heterocycles. The SMILES string of the molecule is O=c1cnn(Cc2ccc(OC(F)F)nc2)c(=O)[nH]1. The summed E-state index contributed by atoms with van der Waals surface area (Å²) in [6.45, 7) is -2.89. The van der Waals surface area contributed by atoms with Crippen molar-refractivity contribution in [3.05, 3.63) is 50.9 Å². The van der Waals surface area contributed by atoms with Crippen LogP contribution in [-0.2, 0) is 6.54 Å². The number of ether oxygens (including phenoxy) is 1. The second-order valence-electron chi connectivity index (χ2n) is 3.48. The van der Waals surface area contributed by atoms with E-state index in [4.69, 9.17) is 0 Å². The van der Waals surface area contributed by atoms with Gasteiger partial charge in [-0.3, -0.25) is 9.78 Å². The van der Waals surface area contributed by atoms with Gasteiger partial charge in [-0.1, -0.05) is 6.07 Å². The van der Waals surface area contributed by atoms with Gasteiger partial charge in [0.1, 0.15) is 6.20 Å². The summed E-state index contributed by atoms with van der Waals surface area (Å²) >= 11 is 0. The van der Waals surface area contributed by atoms with Crippen molar-refractivity contribution >= 4 is 0 Å². The number of rotatable bonds is 4. The Hall–Kier alpha value is -2.58. The molecule has 0 atom stereocenters. The molecule has 2 heterocycles.